The molecule has 2 aromatic rings. The minimum Gasteiger partial charge on any atom is -0.363 e. The Balaban J connectivity index is 0.000000210. The maximum absolute atomic E-state index is 10.3. The number of para-hydroxylation sites is 1. The van der Waals surface area contributed by atoms with Gasteiger partial charge in [-0.15, -0.1) is 11.8 Å². The van der Waals surface area contributed by atoms with Crippen molar-refractivity contribution in [1.82, 2.24) is 14.6 Å². The molecule has 1 aliphatic heterocycles. The summed E-state index contributed by atoms with van der Waals surface area (Å²) >= 11 is 1.89. The third kappa shape index (κ3) is 7.52. The fourth-order valence-electron chi connectivity index (χ4n) is 4.15. The highest BCUT2D eigenvalue weighted by Crippen LogP contribution is 2.29. The summed E-state index contributed by atoms with van der Waals surface area (Å²) in [6, 6.07) is 6.43. The SMILES string of the molecule is Cc1cccc2c(SCC/N=C3\CCCN3C)c[nH]c12.O=S(=O)(O)NC1CCCCC1. The Morgan fingerprint density at radius 3 is 2.71 bits per heavy atom. The van der Waals surface area contributed by atoms with E-state index in [0.717, 1.165) is 50.9 Å². The molecule has 7 nitrogen and oxygen atoms in total. The average molecular weight is 467 g/mol. The van der Waals surface area contributed by atoms with Gasteiger partial charge < -0.3 is 9.88 Å². The van der Waals surface area contributed by atoms with Gasteiger partial charge in [0, 0.05) is 53.8 Å². The lowest BCUT2D eigenvalue weighted by atomic mass is 9.96. The molecule has 0 atom stereocenters. The molecule has 3 N–H and O–H groups in total. The van der Waals surface area contributed by atoms with Crippen LogP contribution in [-0.4, -0.2) is 60.6 Å². The van der Waals surface area contributed by atoms with Crippen molar-refractivity contribution < 1.29 is 13.0 Å². The van der Waals surface area contributed by atoms with Gasteiger partial charge in [-0.1, -0.05) is 37.5 Å². The number of hydrogen-bond donors (Lipinski definition) is 3. The van der Waals surface area contributed by atoms with Crippen molar-refractivity contribution in [2.75, 3.05) is 25.9 Å². The van der Waals surface area contributed by atoms with Crippen molar-refractivity contribution in [3.05, 3.63) is 30.0 Å². The maximum atomic E-state index is 10.3. The largest absolute Gasteiger partial charge is 0.363 e. The number of hydrogen-bond acceptors (Lipinski definition) is 4. The van der Waals surface area contributed by atoms with Crippen LogP contribution in [0.2, 0.25) is 0 Å². The molecule has 2 fully saturated rings. The van der Waals surface area contributed by atoms with Crippen LogP contribution < -0.4 is 4.72 Å². The zero-order valence-electron chi connectivity index (χ0n) is 18.4. The third-order valence-corrected chi connectivity index (χ3v) is 7.45. The molecule has 9 heteroatoms. The predicted molar refractivity (Wildman–Crippen MR) is 129 cm³/mol. The highest BCUT2D eigenvalue weighted by molar-refractivity contribution is 7.99. The van der Waals surface area contributed by atoms with E-state index >= 15 is 0 Å². The first-order valence-electron chi connectivity index (χ1n) is 11.0. The summed E-state index contributed by atoms with van der Waals surface area (Å²) in [6.45, 7) is 4.21. The number of H-pyrrole nitrogens is 1. The average Bonchev–Trinajstić information content (AvgIpc) is 3.32. The van der Waals surface area contributed by atoms with Gasteiger partial charge in [-0.05, 0) is 31.7 Å². The Labute approximate surface area is 190 Å². The number of aromatic amines is 1. The molecular weight excluding hydrogens is 432 g/mol. The fraction of sp³-hybridized carbons (Fsp3) is 0.591. The summed E-state index contributed by atoms with van der Waals surface area (Å²) in [5.41, 5.74) is 2.57. The van der Waals surface area contributed by atoms with E-state index in [1.54, 1.807) is 0 Å². The van der Waals surface area contributed by atoms with Gasteiger partial charge in [0.1, 0.15) is 0 Å². The molecule has 1 aromatic heterocycles. The van der Waals surface area contributed by atoms with E-state index < -0.39 is 10.3 Å². The normalized spacial score (nSPS) is 19.1. The van der Waals surface area contributed by atoms with E-state index in [4.69, 9.17) is 9.55 Å². The van der Waals surface area contributed by atoms with Crippen LogP contribution in [0.15, 0.2) is 34.3 Å². The number of fused-ring (bicyclic) bond motifs is 1. The van der Waals surface area contributed by atoms with E-state index in [1.165, 1.54) is 40.0 Å². The highest BCUT2D eigenvalue weighted by atomic mass is 32.2. The summed E-state index contributed by atoms with van der Waals surface area (Å²) in [4.78, 5) is 11.7. The second-order valence-electron chi connectivity index (χ2n) is 8.25. The van der Waals surface area contributed by atoms with Gasteiger partial charge in [0.15, 0.2) is 0 Å². The molecule has 2 heterocycles. The predicted octanol–water partition coefficient (Wildman–Crippen LogP) is 4.40. The number of aromatic nitrogens is 1. The van der Waals surface area contributed by atoms with Crippen LogP contribution in [0.3, 0.4) is 0 Å². The number of benzene rings is 1. The van der Waals surface area contributed by atoms with Gasteiger partial charge >= 0.3 is 10.3 Å². The van der Waals surface area contributed by atoms with Crippen molar-refractivity contribution in [3.8, 4) is 0 Å². The van der Waals surface area contributed by atoms with Crippen LogP contribution in [0.4, 0.5) is 0 Å². The van der Waals surface area contributed by atoms with Crippen molar-refractivity contribution in [1.29, 1.82) is 0 Å². The molecule has 0 radical (unpaired) electrons. The molecule has 0 amide bonds. The smallest absolute Gasteiger partial charge is 0.333 e. The van der Waals surface area contributed by atoms with Crippen LogP contribution in [0, 0.1) is 6.92 Å². The Morgan fingerprint density at radius 2 is 2.03 bits per heavy atom. The van der Waals surface area contributed by atoms with Crippen LogP contribution in [0.25, 0.3) is 10.9 Å². The Morgan fingerprint density at radius 1 is 1.26 bits per heavy atom. The van der Waals surface area contributed by atoms with E-state index in [1.807, 2.05) is 11.8 Å². The summed E-state index contributed by atoms with van der Waals surface area (Å²) < 4.78 is 31.3. The van der Waals surface area contributed by atoms with E-state index in [9.17, 15) is 8.42 Å². The van der Waals surface area contributed by atoms with E-state index in [0.29, 0.717) is 0 Å². The monoisotopic (exact) mass is 466 g/mol. The molecule has 31 heavy (non-hydrogen) atoms. The molecule has 0 spiro atoms. The number of amidine groups is 1. The summed E-state index contributed by atoms with van der Waals surface area (Å²) in [7, 11) is -1.83. The van der Waals surface area contributed by atoms with E-state index in [-0.39, 0.29) is 6.04 Å². The van der Waals surface area contributed by atoms with Gasteiger partial charge in [-0.25, -0.2) is 0 Å². The fourth-order valence-corrected chi connectivity index (χ4v) is 5.68. The lowest BCUT2D eigenvalue weighted by molar-refractivity contribution is 0.389. The number of nitrogens with one attached hydrogen (secondary N) is 2. The Hall–Kier alpha value is -1.55. The summed E-state index contributed by atoms with van der Waals surface area (Å²) in [5.74, 6) is 2.32. The first-order valence-corrected chi connectivity index (χ1v) is 13.4. The summed E-state index contributed by atoms with van der Waals surface area (Å²) in [6.07, 6.45) is 9.48. The van der Waals surface area contributed by atoms with Gasteiger partial charge in [-0.2, -0.15) is 13.1 Å². The zero-order valence-corrected chi connectivity index (χ0v) is 20.1. The molecule has 1 saturated heterocycles. The molecule has 4 rings (SSSR count). The number of nitrogens with zero attached hydrogens (tertiary/aromatic N) is 2. The number of likely N-dealkylation sites (tertiary alicyclic amines) is 1. The zero-order chi connectivity index (χ0) is 22.3. The first-order chi connectivity index (χ1) is 14.8. The van der Waals surface area contributed by atoms with Gasteiger partial charge in [0.05, 0.1) is 12.4 Å². The summed E-state index contributed by atoms with van der Waals surface area (Å²) in [5, 5.41) is 1.33. The standard InChI is InChI=1S/C16H21N3S.C6H13NO3S/c1-12-5-3-6-13-14(11-18-16(12)13)20-10-8-17-15-7-4-9-19(15)2;8-11(9,10)7-6-4-2-1-3-5-6/h3,5-6,11,18H,4,7-10H2,1-2H3;6-7H,1-5H2,(H,8,9,10)/b17-15+;. The highest BCUT2D eigenvalue weighted by Gasteiger charge is 2.17. The maximum Gasteiger partial charge on any atom is 0.333 e. The third-order valence-electron chi connectivity index (χ3n) is 5.78. The Kier molecular flexibility index (Phi) is 8.83. The second-order valence-corrected chi connectivity index (χ2v) is 10.6. The molecule has 0 bridgehead atoms. The van der Waals surface area contributed by atoms with Crippen molar-refractivity contribution >= 4 is 38.8 Å². The molecule has 2 aliphatic rings. The first kappa shape index (κ1) is 24.1. The van der Waals surface area contributed by atoms with Crippen LogP contribution in [-0.2, 0) is 10.3 Å². The second kappa shape index (κ2) is 11.4. The van der Waals surface area contributed by atoms with Gasteiger partial charge in [-0.3, -0.25) is 9.55 Å². The molecule has 0 unspecified atom stereocenters. The molecule has 1 saturated carbocycles. The van der Waals surface area contributed by atoms with Crippen LogP contribution in [0.1, 0.15) is 50.5 Å². The van der Waals surface area contributed by atoms with Crippen LogP contribution in [0.5, 0.6) is 0 Å². The number of thioether (sulfide) groups is 1. The quantitative estimate of drug-likeness (QED) is 0.333. The number of rotatable bonds is 6. The lowest BCUT2D eigenvalue weighted by Gasteiger charge is -2.20. The van der Waals surface area contributed by atoms with Crippen molar-refractivity contribution in [3.63, 3.8) is 0 Å². The minimum absolute atomic E-state index is 0.0428. The lowest BCUT2D eigenvalue weighted by Crippen LogP contribution is -2.35. The van der Waals surface area contributed by atoms with Gasteiger partial charge in [0.25, 0.3) is 0 Å². The number of aliphatic imine (C=N–C) groups is 1. The van der Waals surface area contributed by atoms with Crippen molar-refractivity contribution in [2.24, 2.45) is 4.99 Å². The molecule has 172 valence electrons. The molecule has 1 aliphatic carbocycles. The van der Waals surface area contributed by atoms with Gasteiger partial charge in [0.2, 0.25) is 0 Å². The Bertz CT molecular complexity index is 982. The molecule has 1 aromatic carbocycles. The minimum atomic E-state index is -3.97. The topological polar surface area (TPSA) is 97.8 Å². The number of aryl methyl sites for hydroxylation is 1. The van der Waals surface area contributed by atoms with Crippen molar-refractivity contribution in [2.45, 2.75) is 62.8 Å². The van der Waals surface area contributed by atoms with E-state index in [2.05, 4.69) is 53.0 Å². The van der Waals surface area contributed by atoms with Crippen LogP contribution >= 0.6 is 11.8 Å². The molecular formula is C22H34N4O3S2.